The Bertz CT molecular complexity index is 1640. The predicted molar refractivity (Wildman–Crippen MR) is 171 cm³/mol. The maximum absolute atomic E-state index is 12.6. The molecule has 3 aliphatic rings. The van der Waals surface area contributed by atoms with E-state index in [1.165, 1.54) is 6.08 Å². The molecule has 5 heterocycles. The zero-order valence-corrected chi connectivity index (χ0v) is 26.7. The fourth-order valence-corrected chi connectivity index (χ4v) is 7.60. The SMILES string of the molecule is CC1=C(/C=C/O)C(=O)N[C@@H]1Cc1[nH]c(Cc2[nH]c(/C=C3\NC(=O)[C@H](C)[C@H]3[C@@H]3CS3)c(C)c2CCC(=O)O)c(CCC(=O)O)c1C. The molecule has 0 unspecified atom stereocenters. The van der Waals surface area contributed by atoms with Crippen molar-refractivity contribution in [3.05, 3.63) is 74.2 Å². The molecule has 0 aliphatic carbocycles. The standard InChI is InChI=1S/C33H40N4O7S/c1-15-19(5-7-29(39)40)25(34-22(15)11-24-17(3)21(9-10-38)33(44)36-24)13-26-20(6-8-30(41)42)16(2)23(35-26)12-27-31(28-14-45-28)18(4)32(43)37-27/h9-10,12,18,24,28,31,34-35,38H,5-8,11,13-14H2,1-4H3,(H,36,44)(H,37,43)(H,39,40)(H,41,42)/b10-9+,27-12-/t18-,24-,28+,31-/m1/s1. The number of rotatable bonds is 13. The number of allylic oxidation sites excluding steroid dienone is 1. The number of hydrogen-bond donors (Lipinski definition) is 7. The number of hydrogen-bond acceptors (Lipinski definition) is 6. The van der Waals surface area contributed by atoms with Crippen LogP contribution >= 0.6 is 11.8 Å². The van der Waals surface area contributed by atoms with E-state index in [0.29, 0.717) is 36.5 Å². The molecule has 3 aliphatic heterocycles. The van der Waals surface area contributed by atoms with E-state index in [-0.39, 0.29) is 42.5 Å². The molecule has 12 heteroatoms. The Kier molecular flexibility index (Phi) is 9.33. The first-order valence-electron chi connectivity index (χ1n) is 15.2. The van der Waals surface area contributed by atoms with Crippen molar-refractivity contribution in [2.24, 2.45) is 11.8 Å². The third-order valence-electron chi connectivity index (χ3n) is 9.39. The Hall–Kier alpha value is -4.19. The van der Waals surface area contributed by atoms with E-state index >= 15 is 0 Å². The lowest BCUT2D eigenvalue weighted by molar-refractivity contribution is -0.138. The lowest BCUT2D eigenvalue weighted by Gasteiger charge is -2.12. The highest BCUT2D eigenvalue weighted by Crippen LogP contribution is 2.46. The number of amides is 2. The molecule has 0 bridgehead atoms. The zero-order chi connectivity index (χ0) is 32.6. The number of carboxylic acids is 2. The summed E-state index contributed by atoms with van der Waals surface area (Å²) in [6, 6.07) is -0.292. The normalized spacial score (nSPS) is 23.8. The summed E-state index contributed by atoms with van der Waals surface area (Å²) < 4.78 is 0. The van der Waals surface area contributed by atoms with Crippen LogP contribution < -0.4 is 10.6 Å². The van der Waals surface area contributed by atoms with Gasteiger partial charge < -0.3 is 35.9 Å². The Balaban J connectivity index is 1.51. The van der Waals surface area contributed by atoms with Gasteiger partial charge in [0.2, 0.25) is 5.91 Å². The highest BCUT2D eigenvalue weighted by atomic mass is 32.2. The highest BCUT2D eigenvalue weighted by Gasteiger charge is 2.45. The summed E-state index contributed by atoms with van der Waals surface area (Å²) in [4.78, 5) is 55.2. The fraction of sp³-hybridized carbons (Fsp3) is 0.455. The van der Waals surface area contributed by atoms with Gasteiger partial charge in [-0.3, -0.25) is 19.2 Å². The molecule has 45 heavy (non-hydrogen) atoms. The second-order valence-corrected chi connectivity index (χ2v) is 13.5. The van der Waals surface area contributed by atoms with Gasteiger partial charge in [-0.15, -0.1) is 0 Å². The molecule has 0 radical (unpaired) electrons. The molecule has 4 atom stereocenters. The van der Waals surface area contributed by atoms with Crippen LogP contribution in [0, 0.1) is 25.7 Å². The van der Waals surface area contributed by atoms with Crippen LogP contribution in [0.4, 0.5) is 0 Å². The minimum atomic E-state index is -0.909. The summed E-state index contributed by atoms with van der Waals surface area (Å²) in [5.41, 5.74) is 9.06. The molecule has 2 aromatic heterocycles. The topological polar surface area (TPSA) is 185 Å². The largest absolute Gasteiger partial charge is 0.516 e. The van der Waals surface area contributed by atoms with Gasteiger partial charge >= 0.3 is 11.9 Å². The zero-order valence-electron chi connectivity index (χ0n) is 25.9. The van der Waals surface area contributed by atoms with Gasteiger partial charge in [0.05, 0.1) is 12.3 Å². The van der Waals surface area contributed by atoms with Gasteiger partial charge in [-0.2, -0.15) is 11.8 Å². The number of aromatic amines is 2. The van der Waals surface area contributed by atoms with E-state index in [9.17, 15) is 34.5 Å². The van der Waals surface area contributed by atoms with Crippen molar-refractivity contribution in [2.75, 3.05) is 5.75 Å². The summed E-state index contributed by atoms with van der Waals surface area (Å²) in [6.07, 6.45) is 5.58. The molecule has 2 saturated heterocycles. The molecule has 5 rings (SSSR count). The summed E-state index contributed by atoms with van der Waals surface area (Å²) in [7, 11) is 0. The van der Waals surface area contributed by atoms with Crippen LogP contribution in [0.2, 0.25) is 0 Å². The van der Waals surface area contributed by atoms with Gasteiger partial charge in [-0.05, 0) is 73.6 Å². The lowest BCUT2D eigenvalue weighted by atomic mass is 9.91. The fourth-order valence-electron chi connectivity index (χ4n) is 6.69. The number of thioether (sulfide) groups is 1. The molecule has 11 nitrogen and oxygen atoms in total. The van der Waals surface area contributed by atoms with Crippen LogP contribution in [0.1, 0.15) is 71.7 Å². The first-order chi connectivity index (χ1) is 21.4. The number of aliphatic carboxylic acids is 2. The number of carbonyl (C=O) groups is 4. The Morgan fingerprint density at radius 3 is 2.18 bits per heavy atom. The van der Waals surface area contributed by atoms with Crippen molar-refractivity contribution < 1.29 is 34.5 Å². The van der Waals surface area contributed by atoms with Crippen LogP contribution in [0.5, 0.6) is 0 Å². The van der Waals surface area contributed by atoms with Gasteiger partial charge in [0, 0.05) is 82.6 Å². The maximum Gasteiger partial charge on any atom is 0.303 e. The smallest absolute Gasteiger partial charge is 0.303 e. The van der Waals surface area contributed by atoms with Crippen LogP contribution in [0.25, 0.3) is 6.08 Å². The average molecular weight is 637 g/mol. The third kappa shape index (κ3) is 6.75. The summed E-state index contributed by atoms with van der Waals surface area (Å²) in [6.45, 7) is 7.69. The molecule has 2 aromatic rings. The molecular formula is C33H40N4O7S. The third-order valence-corrected chi connectivity index (χ3v) is 10.4. The molecule has 0 saturated carbocycles. The van der Waals surface area contributed by atoms with Crippen LogP contribution in [-0.4, -0.2) is 66.1 Å². The van der Waals surface area contributed by atoms with E-state index < -0.39 is 11.9 Å². The van der Waals surface area contributed by atoms with E-state index in [1.54, 1.807) is 0 Å². The van der Waals surface area contributed by atoms with Crippen molar-refractivity contribution >= 4 is 41.6 Å². The van der Waals surface area contributed by atoms with Crippen LogP contribution in [0.3, 0.4) is 0 Å². The number of nitrogens with one attached hydrogen (secondary N) is 4. The highest BCUT2D eigenvalue weighted by molar-refractivity contribution is 8.06. The van der Waals surface area contributed by atoms with E-state index in [0.717, 1.165) is 68.3 Å². The first-order valence-corrected chi connectivity index (χ1v) is 16.2. The van der Waals surface area contributed by atoms with Gasteiger partial charge in [0.15, 0.2) is 0 Å². The van der Waals surface area contributed by atoms with Gasteiger partial charge in [0.25, 0.3) is 5.91 Å². The van der Waals surface area contributed by atoms with Crippen LogP contribution in [-0.2, 0) is 44.9 Å². The van der Waals surface area contributed by atoms with Crippen molar-refractivity contribution in [3.63, 3.8) is 0 Å². The Morgan fingerprint density at radius 1 is 0.956 bits per heavy atom. The predicted octanol–water partition coefficient (Wildman–Crippen LogP) is 3.85. The van der Waals surface area contributed by atoms with E-state index in [1.807, 2.05) is 45.5 Å². The molecule has 0 spiro atoms. The number of aliphatic hydroxyl groups excluding tert-OH is 1. The van der Waals surface area contributed by atoms with Gasteiger partial charge in [-0.25, -0.2) is 0 Å². The Labute approximate surface area is 265 Å². The van der Waals surface area contributed by atoms with E-state index in [4.69, 9.17) is 0 Å². The van der Waals surface area contributed by atoms with E-state index in [2.05, 4.69) is 20.6 Å². The number of aromatic nitrogens is 2. The first kappa shape index (κ1) is 32.2. The second-order valence-electron chi connectivity index (χ2n) is 12.2. The number of aliphatic hydroxyl groups is 1. The molecule has 240 valence electrons. The molecule has 7 N–H and O–H groups in total. The van der Waals surface area contributed by atoms with Crippen molar-refractivity contribution in [2.45, 2.75) is 77.5 Å². The monoisotopic (exact) mass is 636 g/mol. The Morgan fingerprint density at radius 2 is 1.58 bits per heavy atom. The number of H-pyrrole nitrogens is 2. The summed E-state index contributed by atoms with van der Waals surface area (Å²) in [5, 5.41) is 34.6. The average Bonchev–Trinajstić information content (AvgIpc) is 3.56. The minimum absolute atomic E-state index is 0.00906. The van der Waals surface area contributed by atoms with Gasteiger partial charge in [-0.1, -0.05) is 6.92 Å². The second kappa shape index (κ2) is 13.0. The lowest BCUT2D eigenvalue weighted by Crippen LogP contribution is -2.30. The number of carbonyl (C=O) groups excluding carboxylic acids is 2. The quantitative estimate of drug-likeness (QED) is 0.128. The van der Waals surface area contributed by atoms with Crippen molar-refractivity contribution in [3.8, 4) is 0 Å². The molecule has 2 amide bonds. The van der Waals surface area contributed by atoms with Crippen LogP contribution in [0.15, 0.2) is 29.2 Å². The molecule has 2 fully saturated rings. The van der Waals surface area contributed by atoms with Crippen molar-refractivity contribution in [1.82, 2.24) is 20.6 Å². The summed E-state index contributed by atoms with van der Waals surface area (Å²) in [5.74, 6) is -1.06. The minimum Gasteiger partial charge on any atom is -0.516 e. The molecular weight excluding hydrogens is 596 g/mol. The molecule has 0 aromatic carbocycles. The van der Waals surface area contributed by atoms with Gasteiger partial charge in [0.1, 0.15) is 0 Å². The maximum atomic E-state index is 12.6. The summed E-state index contributed by atoms with van der Waals surface area (Å²) >= 11 is 1.84. The van der Waals surface area contributed by atoms with Crippen molar-refractivity contribution in [1.29, 1.82) is 0 Å². The number of carboxylic acid groups (broad SMARTS) is 2.